The van der Waals surface area contributed by atoms with Crippen LogP contribution in [-0.2, 0) is 9.53 Å². The van der Waals surface area contributed by atoms with E-state index >= 15 is 0 Å². The molecule has 1 aliphatic heterocycles. The van der Waals surface area contributed by atoms with Crippen LogP contribution < -0.4 is 15.4 Å². The number of methoxy groups -OCH3 is 1. The highest BCUT2D eigenvalue weighted by molar-refractivity contribution is 6.04. The molecule has 2 aromatic carbocycles. The molecule has 0 radical (unpaired) electrons. The van der Waals surface area contributed by atoms with E-state index < -0.39 is 12.0 Å². The number of nitrogens with one attached hydrogen (secondary N) is 2. The number of rotatable bonds is 8. The number of amides is 3. The SMILES string of the molecule is CCCN1C(=O)NC(c2ccc(NC(=O)c3ccc(OC)cc3)cc2)C(C(=O)OC(C)C)=C1C. The van der Waals surface area contributed by atoms with Gasteiger partial charge in [0.15, 0.2) is 0 Å². The van der Waals surface area contributed by atoms with E-state index in [1.165, 1.54) is 0 Å². The number of allylic oxidation sites excluding steroid dienone is 1. The summed E-state index contributed by atoms with van der Waals surface area (Å²) in [5, 5.41) is 5.78. The van der Waals surface area contributed by atoms with Crippen LogP contribution in [0.15, 0.2) is 59.8 Å². The van der Waals surface area contributed by atoms with Crippen LogP contribution >= 0.6 is 0 Å². The van der Waals surface area contributed by atoms with Crippen molar-refractivity contribution in [3.8, 4) is 5.75 Å². The van der Waals surface area contributed by atoms with Crippen LogP contribution in [0, 0.1) is 0 Å². The number of hydrogen-bond acceptors (Lipinski definition) is 5. The second-order valence-corrected chi connectivity index (χ2v) is 8.29. The molecule has 3 rings (SSSR count). The first-order chi connectivity index (χ1) is 16.2. The van der Waals surface area contributed by atoms with Crippen LogP contribution in [0.1, 0.15) is 56.1 Å². The van der Waals surface area contributed by atoms with Gasteiger partial charge in [0.2, 0.25) is 0 Å². The minimum atomic E-state index is -0.654. The predicted octanol–water partition coefficient (Wildman–Crippen LogP) is 4.65. The molecule has 2 aromatic rings. The summed E-state index contributed by atoms with van der Waals surface area (Å²) < 4.78 is 10.6. The molecular weight excluding hydrogens is 434 g/mol. The Balaban J connectivity index is 1.84. The number of nitrogens with zero attached hydrogens (tertiary/aromatic N) is 1. The van der Waals surface area contributed by atoms with E-state index in [4.69, 9.17) is 9.47 Å². The van der Waals surface area contributed by atoms with Crippen molar-refractivity contribution in [3.05, 3.63) is 70.9 Å². The molecule has 0 aromatic heterocycles. The highest BCUT2D eigenvalue weighted by Crippen LogP contribution is 2.32. The highest BCUT2D eigenvalue weighted by Gasteiger charge is 2.36. The van der Waals surface area contributed by atoms with Crippen molar-refractivity contribution in [2.45, 2.75) is 46.3 Å². The van der Waals surface area contributed by atoms with Gasteiger partial charge in [-0.15, -0.1) is 0 Å². The Labute approximate surface area is 199 Å². The lowest BCUT2D eigenvalue weighted by molar-refractivity contribution is -0.143. The van der Waals surface area contributed by atoms with Crippen LogP contribution in [0.2, 0.25) is 0 Å². The van der Waals surface area contributed by atoms with E-state index in [9.17, 15) is 14.4 Å². The molecule has 0 bridgehead atoms. The zero-order valence-corrected chi connectivity index (χ0v) is 20.2. The van der Waals surface area contributed by atoms with E-state index in [1.807, 2.05) is 6.92 Å². The molecule has 3 amide bonds. The molecule has 1 aliphatic rings. The molecule has 34 heavy (non-hydrogen) atoms. The number of esters is 1. The molecule has 1 heterocycles. The smallest absolute Gasteiger partial charge is 0.338 e. The predicted molar refractivity (Wildman–Crippen MR) is 130 cm³/mol. The van der Waals surface area contributed by atoms with Gasteiger partial charge in [0.05, 0.1) is 24.8 Å². The molecule has 0 aliphatic carbocycles. The summed E-state index contributed by atoms with van der Waals surface area (Å²) in [5.41, 5.74) is 2.78. The Morgan fingerprint density at radius 2 is 1.74 bits per heavy atom. The zero-order chi connectivity index (χ0) is 24.8. The fourth-order valence-corrected chi connectivity index (χ4v) is 3.77. The van der Waals surface area contributed by atoms with E-state index in [1.54, 1.807) is 81.3 Å². The van der Waals surface area contributed by atoms with Crippen LogP contribution in [-0.4, -0.2) is 42.6 Å². The summed E-state index contributed by atoms with van der Waals surface area (Å²) in [6.07, 6.45) is 0.464. The third-order valence-corrected chi connectivity index (χ3v) is 5.46. The van der Waals surface area contributed by atoms with Gasteiger partial charge in [0.1, 0.15) is 5.75 Å². The number of benzene rings is 2. The first kappa shape index (κ1) is 24.8. The van der Waals surface area contributed by atoms with E-state index in [0.29, 0.717) is 40.4 Å². The molecule has 0 saturated heterocycles. The third-order valence-electron chi connectivity index (χ3n) is 5.46. The van der Waals surface area contributed by atoms with Crippen LogP contribution in [0.5, 0.6) is 5.75 Å². The van der Waals surface area contributed by atoms with E-state index in [-0.39, 0.29) is 18.0 Å². The average Bonchev–Trinajstić information content (AvgIpc) is 2.81. The normalized spacial score (nSPS) is 15.8. The van der Waals surface area contributed by atoms with E-state index in [2.05, 4.69) is 10.6 Å². The fourth-order valence-electron chi connectivity index (χ4n) is 3.77. The van der Waals surface area contributed by atoms with Crippen molar-refractivity contribution < 1.29 is 23.9 Å². The maximum absolute atomic E-state index is 13.0. The lowest BCUT2D eigenvalue weighted by Crippen LogP contribution is -2.48. The molecule has 180 valence electrons. The minimum absolute atomic E-state index is 0.256. The second-order valence-electron chi connectivity index (χ2n) is 8.29. The summed E-state index contributed by atoms with van der Waals surface area (Å²) >= 11 is 0. The van der Waals surface area contributed by atoms with Crippen molar-refractivity contribution in [2.24, 2.45) is 0 Å². The molecule has 2 N–H and O–H groups in total. The van der Waals surface area contributed by atoms with Crippen molar-refractivity contribution in [1.82, 2.24) is 10.2 Å². The van der Waals surface area contributed by atoms with Crippen LogP contribution in [0.4, 0.5) is 10.5 Å². The average molecular weight is 466 g/mol. The number of carbonyl (C=O) groups excluding carboxylic acids is 3. The van der Waals surface area contributed by atoms with E-state index in [0.717, 1.165) is 6.42 Å². The van der Waals surface area contributed by atoms with Crippen LogP contribution in [0.25, 0.3) is 0 Å². The largest absolute Gasteiger partial charge is 0.497 e. The lowest BCUT2D eigenvalue weighted by Gasteiger charge is -2.35. The molecule has 8 nitrogen and oxygen atoms in total. The number of carbonyl (C=O) groups is 3. The molecule has 1 atom stereocenters. The number of ether oxygens (including phenoxy) is 2. The van der Waals surface area contributed by atoms with Gasteiger partial charge in [-0.3, -0.25) is 9.69 Å². The monoisotopic (exact) mass is 465 g/mol. The van der Waals surface area contributed by atoms with Gasteiger partial charge in [0, 0.05) is 23.5 Å². The summed E-state index contributed by atoms with van der Waals surface area (Å²) in [6.45, 7) is 7.81. The standard InChI is InChI=1S/C26H31N3O5/c1-6-15-29-17(4)22(25(31)34-16(2)3)23(28-26(29)32)18-7-11-20(12-8-18)27-24(30)19-9-13-21(33-5)14-10-19/h7-14,16,23H,6,15H2,1-5H3,(H,27,30)(H,28,32). The molecule has 1 unspecified atom stereocenters. The maximum Gasteiger partial charge on any atom is 0.338 e. The molecule has 8 heteroatoms. The second kappa shape index (κ2) is 10.9. The minimum Gasteiger partial charge on any atom is -0.497 e. The lowest BCUT2D eigenvalue weighted by atomic mass is 9.94. The number of hydrogen-bond donors (Lipinski definition) is 2. The summed E-state index contributed by atoms with van der Waals surface area (Å²) in [4.78, 5) is 39.8. The summed E-state index contributed by atoms with van der Waals surface area (Å²) in [5.74, 6) is -0.0490. The van der Waals surface area contributed by atoms with Gasteiger partial charge in [-0.1, -0.05) is 19.1 Å². The maximum atomic E-state index is 13.0. The zero-order valence-electron chi connectivity index (χ0n) is 20.2. The fraction of sp³-hybridized carbons (Fsp3) is 0.346. The molecule has 0 fully saturated rings. The molecular formula is C26H31N3O5. The molecule has 0 spiro atoms. The summed E-state index contributed by atoms with van der Waals surface area (Å²) in [7, 11) is 1.57. The van der Waals surface area contributed by atoms with Gasteiger partial charge in [-0.05, 0) is 69.2 Å². The van der Waals surface area contributed by atoms with Gasteiger partial charge in [-0.25, -0.2) is 9.59 Å². The molecule has 0 saturated carbocycles. The van der Waals surface area contributed by atoms with Crippen molar-refractivity contribution >= 4 is 23.6 Å². The van der Waals surface area contributed by atoms with Gasteiger partial charge >= 0.3 is 12.0 Å². The van der Waals surface area contributed by atoms with Crippen LogP contribution in [0.3, 0.4) is 0 Å². The first-order valence-electron chi connectivity index (χ1n) is 11.3. The highest BCUT2D eigenvalue weighted by atomic mass is 16.5. The number of urea groups is 1. The Bertz CT molecular complexity index is 1070. The Kier molecular flexibility index (Phi) is 7.94. The van der Waals surface area contributed by atoms with Crippen molar-refractivity contribution in [1.29, 1.82) is 0 Å². The Hall–Kier alpha value is -3.81. The van der Waals surface area contributed by atoms with Crippen molar-refractivity contribution in [3.63, 3.8) is 0 Å². The van der Waals surface area contributed by atoms with Gasteiger partial charge in [-0.2, -0.15) is 0 Å². The first-order valence-corrected chi connectivity index (χ1v) is 11.3. The topological polar surface area (TPSA) is 97.0 Å². The summed E-state index contributed by atoms with van der Waals surface area (Å²) in [6, 6.07) is 12.9. The number of anilines is 1. The van der Waals surface area contributed by atoms with Gasteiger partial charge in [0.25, 0.3) is 5.91 Å². The third kappa shape index (κ3) is 5.57. The van der Waals surface area contributed by atoms with Gasteiger partial charge < -0.3 is 20.1 Å². The Morgan fingerprint density at radius 1 is 1.09 bits per heavy atom. The van der Waals surface area contributed by atoms with Crippen molar-refractivity contribution in [2.75, 3.05) is 19.0 Å². The Morgan fingerprint density at radius 3 is 2.29 bits per heavy atom. The quantitative estimate of drug-likeness (QED) is 0.553.